The molecular formula is C24H18O11S. The molecule has 12 heteroatoms. The summed E-state index contributed by atoms with van der Waals surface area (Å²) in [7, 11) is -4.05. The van der Waals surface area contributed by atoms with Gasteiger partial charge in [0.2, 0.25) is 5.78 Å². The van der Waals surface area contributed by atoms with E-state index in [1.165, 1.54) is 25.1 Å². The van der Waals surface area contributed by atoms with Crippen molar-refractivity contribution < 1.29 is 51.6 Å². The molecule has 0 heterocycles. The maximum atomic E-state index is 13.6. The molecule has 0 bridgehead atoms. The molecule has 1 aliphatic carbocycles. The summed E-state index contributed by atoms with van der Waals surface area (Å²) in [5.74, 6) is -5.46. The summed E-state index contributed by atoms with van der Waals surface area (Å²) in [4.78, 5) is 39.2. The Bertz CT molecular complexity index is 1620. The predicted octanol–water partition coefficient (Wildman–Crippen LogP) is 2.95. The highest BCUT2D eigenvalue weighted by Crippen LogP contribution is 2.51. The van der Waals surface area contributed by atoms with Crippen molar-refractivity contribution in [2.45, 2.75) is 13.8 Å². The molecule has 36 heavy (non-hydrogen) atoms. The number of carbonyl (C=O) groups excluding carboxylic acids is 3. The van der Waals surface area contributed by atoms with E-state index in [4.69, 9.17) is 4.74 Å². The summed E-state index contributed by atoms with van der Waals surface area (Å²) >= 11 is 0. The van der Waals surface area contributed by atoms with Gasteiger partial charge in [-0.3, -0.25) is 18.9 Å². The third kappa shape index (κ3) is 3.72. The van der Waals surface area contributed by atoms with Crippen LogP contribution in [0.3, 0.4) is 0 Å². The largest absolute Gasteiger partial charge is 0.507 e. The van der Waals surface area contributed by atoms with E-state index in [0.717, 1.165) is 26.2 Å². The molecule has 0 aromatic heterocycles. The fourth-order valence-electron chi connectivity index (χ4n) is 4.35. The standard InChI is InChI=1S/C24H18O11S/c1-9-7-13(27)19-21(22(28)11-5-4-6-12(26)18(11)24(19)30)16(9)20-15(35-36(31,32)33)8-14(34-3)17(10(2)25)23(20)29/h4-8,26-27,29H,1-3H3,(H,31,32,33). The van der Waals surface area contributed by atoms with Gasteiger partial charge in [0.1, 0.15) is 28.6 Å². The van der Waals surface area contributed by atoms with Crippen LogP contribution in [0.2, 0.25) is 0 Å². The Morgan fingerprint density at radius 2 is 1.53 bits per heavy atom. The molecule has 0 fully saturated rings. The second kappa shape index (κ2) is 8.36. The highest BCUT2D eigenvalue weighted by atomic mass is 32.3. The number of phenols is 3. The first-order chi connectivity index (χ1) is 16.8. The lowest BCUT2D eigenvalue weighted by Gasteiger charge is -2.25. The molecule has 186 valence electrons. The summed E-state index contributed by atoms with van der Waals surface area (Å²) in [5.41, 5.74) is -2.63. The third-order valence-electron chi connectivity index (χ3n) is 5.72. The minimum atomic E-state index is -5.19. The molecule has 3 aromatic rings. The number of aryl methyl sites for hydroxylation is 1. The normalized spacial score (nSPS) is 12.7. The van der Waals surface area contributed by atoms with Crippen molar-refractivity contribution >= 4 is 27.7 Å². The first kappa shape index (κ1) is 24.7. The first-order valence-corrected chi connectivity index (χ1v) is 11.5. The lowest BCUT2D eigenvalue weighted by atomic mass is 9.77. The van der Waals surface area contributed by atoms with Gasteiger partial charge < -0.3 is 24.2 Å². The quantitative estimate of drug-likeness (QED) is 0.227. The fourth-order valence-corrected chi connectivity index (χ4v) is 4.71. The fraction of sp³-hybridized carbons (Fsp3) is 0.125. The van der Waals surface area contributed by atoms with E-state index in [1.54, 1.807) is 0 Å². The van der Waals surface area contributed by atoms with Crippen LogP contribution in [0.15, 0.2) is 30.3 Å². The Balaban J connectivity index is 2.21. The van der Waals surface area contributed by atoms with Crippen LogP contribution in [0.4, 0.5) is 0 Å². The van der Waals surface area contributed by atoms with E-state index < -0.39 is 73.0 Å². The Labute approximate surface area is 204 Å². The molecule has 0 radical (unpaired) electrons. The van der Waals surface area contributed by atoms with Crippen molar-refractivity contribution in [3.63, 3.8) is 0 Å². The van der Waals surface area contributed by atoms with Crippen molar-refractivity contribution in [3.8, 4) is 39.9 Å². The number of methoxy groups -OCH3 is 1. The molecule has 0 amide bonds. The van der Waals surface area contributed by atoms with Gasteiger partial charge in [0, 0.05) is 22.8 Å². The number of fused-ring (bicyclic) bond motifs is 2. The molecular weight excluding hydrogens is 496 g/mol. The van der Waals surface area contributed by atoms with E-state index in [-0.39, 0.29) is 28.0 Å². The average Bonchev–Trinajstić information content (AvgIpc) is 2.76. The zero-order valence-electron chi connectivity index (χ0n) is 18.9. The van der Waals surface area contributed by atoms with Gasteiger partial charge >= 0.3 is 10.4 Å². The van der Waals surface area contributed by atoms with Crippen molar-refractivity contribution in [2.24, 2.45) is 0 Å². The minimum Gasteiger partial charge on any atom is -0.507 e. The van der Waals surface area contributed by atoms with Crippen LogP contribution in [-0.4, -0.2) is 52.7 Å². The molecule has 11 nitrogen and oxygen atoms in total. The molecule has 4 N–H and O–H groups in total. The number of hydrogen-bond donors (Lipinski definition) is 4. The van der Waals surface area contributed by atoms with Crippen LogP contribution in [0.1, 0.15) is 54.7 Å². The summed E-state index contributed by atoms with van der Waals surface area (Å²) in [5, 5.41) is 32.0. The molecule has 4 rings (SSSR count). The highest BCUT2D eigenvalue weighted by molar-refractivity contribution is 7.81. The molecule has 0 saturated heterocycles. The van der Waals surface area contributed by atoms with E-state index in [2.05, 4.69) is 4.18 Å². The van der Waals surface area contributed by atoms with Crippen molar-refractivity contribution in [1.29, 1.82) is 0 Å². The zero-order valence-corrected chi connectivity index (χ0v) is 19.8. The SMILES string of the molecule is COc1cc(OS(=O)(=O)O)c(-c2c(C)cc(O)c3c2C(=O)c2cccc(O)c2C3=O)c(O)c1C(C)=O. The van der Waals surface area contributed by atoms with Gasteiger partial charge in [-0.25, -0.2) is 0 Å². The Morgan fingerprint density at radius 1 is 0.861 bits per heavy atom. The van der Waals surface area contributed by atoms with Gasteiger partial charge in [0.25, 0.3) is 0 Å². The second-order valence-corrected chi connectivity index (χ2v) is 8.96. The van der Waals surface area contributed by atoms with E-state index in [0.29, 0.717) is 0 Å². The Hall–Kier alpha value is -4.42. The number of ketones is 3. The Morgan fingerprint density at radius 3 is 2.11 bits per heavy atom. The van der Waals surface area contributed by atoms with Crippen molar-refractivity contribution in [2.75, 3.05) is 7.11 Å². The summed E-state index contributed by atoms with van der Waals surface area (Å²) in [6.45, 7) is 2.48. The number of benzene rings is 3. The van der Waals surface area contributed by atoms with E-state index in [9.17, 15) is 42.7 Å². The number of phenolic OH excluding ortho intramolecular Hbond substituents is 3. The van der Waals surface area contributed by atoms with Gasteiger partial charge in [-0.1, -0.05) is 12.1 Å². The monoisotopic (exact) mass is 514 g/mol. The Kier molecular flexibility index (Phi) is 5.73. The maximum Gasteiger partial charge on any atom is 0.446 e. The highest BCUT2D eigenvalue weighted by Gasteiger charge is 2.39. The van der Waals surface area contributed by atoms with Crippen LogP contribution < -0.4 is 8.92 Å². The zero-order chi connectivity index (χ0) is 26.7. The average molecular weight is 514 g/mol. The van der Waals surface area contributed by atoms with Gasteiger partial charge in [0.05, 0.1) is 23.8 Å². The summed E-state index contributed by atoms with van der Waals surface area (Å²) in [6, 6.07) is 5.77. The van der Waals surface area contributed by atoms with Gasteiger partial charge in [-0.2, -0.15) is 8.42 Å². The molecule has 0 saturated carbocycles. The van der Waals surface area contributed by atoms with Gasteiger partial charge in [-0.15, -0.1) is 0 Å². The predicted molar refractivity (Wildman–Crippen MR) is 124 cm³/mol. The van der Waals surface area contributed by atoms with Crippen molar-refractivity contribution in [1.82, 2.24) is 0 Å². The molecule has 0 unspecified atom stereocenters. The number of carbonyl (C=O) groups is 3. The molecule has 0 spiro atoms. The number of hydrogen-bond acceptors (Lipinski definition) is 10. The smallest absolute Gasteiger partial charge is 0.446 e. The lowest BCUT2D eigenvalue weighted by molar-refractivity contribution is 0.0974. The topological polar surface area (TPSA) is 185 Å². The van der Waals surface area contributed by atoms with Crippen LogP contribution >= 0.6 is 0 Å². The molecule has 0 atom stereocenters. The molecule has 0 aliphatic heterocycles. The first-order valence-electron chi connectivity index (χ1n) is 10.2. The summed E-state index contributed by atoms with van der Waals surface area (Å²) in [6.07, 6.45) is 0. The lowest BCUT2D eigenvalue weighted by Crippen LogP contribution is -2.23. The van der Waals surface area contributed by atoms with Gasteiger partial charge in [-0.05, 0) is 31.5 Å². The number of Topliss-reactive ketones (excluding diaryl/α,β-unsaturated/α-hetero) is 1. The van der Waals surface area contributed by atoms with Crippen molar-refractivity contribution in [3.05, 3.63) is 63.7 Å². The van der Waals surface area contributed by atoms with E-state index in [1.807, 2.05) is 0 Å². The maximum absolute atomic E-state index is 13.6. The van der Waals surface area contributed by atoms with Crippen LogP contribution in [-0.2, 0) is 10.4 Å². The third-order valence-corrected chi connectivity index (χ3v) is 6.11. The molecule has 3 aromatic carbocycles. The van der Waals surface area contributed by atoms with Crippen LogP contribution in [0.25, 0.3) is 11.1 Å². The van der Waals surface area contributed by atoms with Crippen LogP contribution in [0, 0.1) is 6.92 Å². The second-order valence-electron chi connectivity index (χ2n) is 7.94. The van der Waals surface area contributed by atoms with Crippen LogP contribution in [0.5, 0.6) is 28.7 Å². The number of ether oxygens (including phenoxy) is 1. The molecule has 1 aliphatic rings. The summed E-state index contributed by atoms with van der Waals surface area (Å²) < 4.78 is 42.3. The van der Waals surface area contributed by atoms with Gasteiger partial charge in [0.15, 0.2) is 17.3 Å². The van der Waals surface area contributed by atoms with E-state index >= 15 is 0 Å². The number of rotatable bonds is 5. The minimum absolute atomic E-state index is 0.0751. The number of aromatic hydroxyl groups is 3.